The van der Waals surface area contributed by atoms with Gasteiger partial charge in [-0.3, -0.25) is 0 Å². The van der Waals surface area contributed by atoms with Crippen LogP contribution in [0.1, 0.15) is 0 Å². The van der Waals surface area contributed by atoms with Crippen LogP contribution in [-0.2, 0) is 0 Å². The molecule has 0 heterocycles. The Bertz CT molecular complexity index is 5.65. The van der Waals surface area contributed by atoms with Gasteiger partial charge in [-0.05, 0) is 0 Å². The van der Waals surface area contributed by atoms with Gasteiger partial charge in [0.15, 0.2) is 0 Å². The fourth-order valence-corrected chi connectivity index (χ4v) is 0. The summed E-state index contributed by atoms with van der Waals surface area (Å²) in [5.41, 5.74) is 0. The minimum atomic E-state index is 0. The van der Waals surface area contributed by atoms with Crippen LogP contribution in [0.25, 0.3) is 0 Å². The first-order valence-electron chi connectivity index (χ1n) is 0. The molecule has 0 aromatic carbocycles. The zero-order chi connectivity index (χ0) is 0. The highest BCUT2D eigenvalue weighted by Crippen LogP contribution is -0.272. The molecule has 0 atom stereocenters. The van der Waals surface area contributed by atoms with Gasteiger partial charge < -0.3 is 105 Å². The minimum absolute atomic E-state index is 0. The third kappa shape index (κ3) is 6930. The van der Waals surface area contributed by atoms with Crippen molar-refractivity contribution in [2.24, 2.45) is 0 Å². The molecule has 19 heavy (non-hydrogen) atoms. The highest BCUT2D eigenvalue weighted by Gasteiger charge is -0.344. The summed E-state index contributed by atoms with van der Waals surface area (Å²) in [7, 11) is 0. The molecule has 0 aromatic rings. The lowest BCUT2D eigenvalue weighted by Crippen LogP contribution is -0.481. The first-order valence-corrected chi connectivity index (χ1v) is 0. The molecule has 0 unspecified atom stereocenters. The van der Waals surface area contributed by atoms with Crippen LogP contribution in [0.4, 0.5) is 0 Å². The quantitative estimate of drug-likeness (QED) is 0.440. The summed E-state index contributed by atoms with van der Waals surface area (Å²) in [6, 6.07) is 0. The van der Waals surface area contributed by atoms with E-state index in [9.17, 15) is 0 Å². The Kier molecular flexibility index (Phi) is 3890000. The first kappa shape index (κ1) is 9390. The minimum Gasteiger partial charge on any atom is -0.412 e. The molecule has 0 saturated heterocycles. The lowest BCUT2D eigenvalue weighted by Gasteiger charge is -0.413. The predicted molar refractivity (Wildman–Crippen MR) is 70.1 cm³/mol. The monoisotopic (exact) mass is 341 g/mol. The first-order chi connectivity index (χ1) is 0. The van der Waals surface area contributed by atoms with Gasteiger partial charge in [0.1, 0.15) is 0 Å². The summed E-state index contributed by atoms with van der Waals surface area (Å²) < 4.78 is 0. The molecule has 0 aliphatic heterocycles. The van der Waals surface area contributed by atoms with Gasteiger partial charge in [0.25, 0.3) is 0 Å². The average Bonchev–Trinajstić information content (AvgIpc) is 0. The Balaban J connectivity index is 0. The Morgan fingerprint density at radius 2 is 0.105 bits per heavy atom. The van der Waals surface area contributed by atoms with Crippen molar-refractivity contribution < 1.29 is 98.6 Å². The van der Waals surface area contributed by atoms with E-state index in [4.69, 9.17) is 0 Å². The standard InChI is InChI=1S/H3N.18H2O/h1H3;18*1H2. The second-order valence-corrected chi connectivity index (χ2v) is 0. The molecule has 0 fully saturated rings. The van der Waals surface area contributed by atoms with E-state index >= 15 is 0 Å². The zero-order valence-electron chi connectivity index (χ0n) is 9.71. The van der Waals surface area contributed by atoms with Crippen LogP contribution in [-0.4, -0.2) is 98.6 Å². The highest BCUT2D eigenvalue weighted by atomic mass is 16.0. The fourth-order valence-electron chi connectivity index (χ4n) is 0. The van der Waals surface area contributed by atoms with E-state index < -0.39 is 0 Å². The van der Waals surface area contributed by atoms with Crippen molar-refractivity contribution in [2.75, 3.05) is 0 Å². The molecule has 0 rings (SSSR count). The zero-order valence-corrected chi connectivity index (χ0v) is 9.71. The van der Waals surface area contributed by atoms with Crippen LogP contribution in [0, 0.1) is 0 Å². The van der Waals surface area contributed by atoms with Crippen LogP contribution in [0.5, 0.6) is 0 Å². The van der Waals surface area contributed by atoms with Gasteiger partial charge in [-0.1, -0.05) is 0 Å². The summed E-state index contributed by atoms with van der Waals surface area (Å²) in [6.45, 7) is 0. The SMILES string of the molecule is N.O.O.O.O.O.O.O.O.O.O.O.O.O.O.O.O.O.O. The van der Waals surface area contributed by atoms with E-state index in [1.807, 2.05) is 0 Å². The average molecular weight is 341 g/mol. The van der Waals surface area contributed by atoms with E-state index in [1.54, 1.807) is 0 Å². The highest BCUT2D eigenvalue weighted by molar-refractivity contribution is 2.13. The van der Waals surface area contributed by atoms with Crippen molar-refractivity contribution in [3.8, 4) is 0 Å². The van der Waals surface area contributed by atoms with Crippen LogP contribution in [0.15, 0.2) is 0 Å². The molecule has 19 heteroatoms. The topological polar surface area (TPSA) is 602 Å². The number of rotatable bonds is 0. The van der Waals surface area contributed by atoms with Crippen molar-refractivity contribution in [1.29, 1.82) is 0 Å². The van der Waals surface area contributed by atoms with Crippen LogP contribution in [0.3, 0.4) is 0 Å². The van der Waals surface area contributed by atoms with Crippen molar-refractivity contribution >= 4 is 0 Å². The third-order valence-corrected chi connectivity index (χ3v) is 0. The van der Waals surface area contributed by atoms with E-state index in [0.717, 1.165) is 0 Å². The van der Waals surface area contributed by atoms with Crippen molar-refractivity contribution in [3.63, 3.8) is 0 Å². The molecule has 0 aliphatic carbocycles. The van der Waals surface area contributed by atoms with E-state index in [2.05, 4.69) is 0 Å². The molecule has 39 N–H and O–H groups in total. The van der Waals surface area contributed by atoms with Gasteiger partial charge in [-0.15, -0.1) is 0 Å². The van der Waals surface area contributed by atoms with E-state index in [0.29, 0.717) is 0 Å². The molecule has 0 aliphatic rings. The summed E-state index contributed by atoms with van der Waals surface area (Å²) in [4.78, 5) is 0. The lowest BCUT2D eigenvalue weighted by atomic mass is 14.0. The Morgan fingerprint density at radius 3 is 0.105 bits per heavy atom. The van der Waals surface area contributed by atoms with Gasteiger partial charge >= 0.3 is 0 Å². The van der Waals surface area contributed by atoms with Crippen LogP contribution in [0.2, 0.25) is 0 Å². The molecular weight excluding hydrogens is 302 g/mol. The number of hydrogen-bond donors (Lipinski definition) is 1. The Hall–Kier alpha value is -0.760. The van der Waals surface area contributed by atoms with Gasteiger partial charge in [-0.25, -0.2) is 0 Å². The maximum Gasteiger partial charge on any atom is -0.344 e. The van der Waals surface area contributed by atoms with E-state index in [1.165, 1.54) is 0 Å². The van der Waals surface area contributed by atoms with Crippen molar-refractivity contribution in [3.05, 3.63) is 0 Å². The Morgan fingerprint density at radius 1 is 0.105 bits per heavy atom. The summed E-state index contributed by atoms with van der Waals surface area (Å²) in [6.07, 6.45) is 0. The Labute approximate surface area is 106 Å². The molecule has 0 radical (unpaired) electrons. The van der Waals surface area contributed by atoms with Gasteiger partial charge in [-0.2, -0.15) is 0 Å². The summed E-state index contributed by atoms with van der Waals surface area (Å²) >= 11 is 0. The molecule has 0 aromatic heterocycles. The number of hydrogen-bond acceptors (Lipinski definition) is 1. The molecule has 0 amide bonds. The van der Waals surface area contributed by atoms with Gasteiger partial charge in [0.2, 0.25) is 0 Å². The third-order valence-electron chi connectivity index (χ3n) is 0. The molecule has 152 valence electrons. The predicted octanol–water partition coefficient (Wildman–Crippen LogP) is -14.7. The second-order valence-electron chi connectivity index (χ2n) is 0. The molecule has 0 saturated carbocycles. The normalized spacial score (nSPS) is 0. The summed E-state index contributed by atoms with van der Waals surface area (Å²) in [5.74, 6) is 0. The van der Waals surface area contributed by atoms with Crippen molar-refractivity contribution in [2.45, 2.75) is 0 Å². The van der Waals surface area contributed by atoms with Gasteiger partial charge in [0, 0.05) is 0 Å². The maximum atomic E-state index is 0. The lowest BCUT2D eigenvalue weighted by molar-refractivity contribution is 0.823. The molecular formula is H39NO18. The van der Waals surface area contributed by atoms with Crippen LogP contribution < -0.4 is 6.15 Å². The van der Waals surface area contributed by atoms with E-state index in [-0.39, 0.29) is 105 Å². The maximum absolute atomic E-state index is 0. The molecule has 19 nitrogen and oxygen atoms in total. The smallest absolute Gasteiger partial charge is 0.344 e. The molecule has 0 bridgehead atoms. The van der Waals surface area contributed by atoms with Crippen molar-refractivity contribution in [1.82, 2.24) is 6.15 Å². The largest absolute Gasteiger partial charge is 0.412 e. The summed E-state index contributed by atoms with van der Waals surface area (Å²) in [5, 5.41) is 0. The fraction of sp³-hybridized carbons (Fsp3) is 0. The molecule has 0 spiro atoms. The van der Waals surface area contributed by atoms with Crippen LogP contribution >= 0.6 is 0 Å². The van der Waals surface area contributed by atoms with Gasteiger partial charge in [0.05, 0.1) is 0 Å². The second kappa shape index (κ2) is 7870.